The van der Waals surface area contributed by atoms with Crippen LogP contribution in [-0.4, -0.2) is 31.7 Å². The molecule has 2 aromatic heterocycles. The second kappa shape index (κ2) is 7.95. The van der Waals surface area contributed by atoms with E-state index in [1.54, 1.807) is 24.4 Å². The maximum Gasteiger partial charge on any atom is 0.302 e. The van der Waals surface area contributed by atoms with Crippen molar-refractivity contribution in [3.63, 3.8) is 0 Å². The molecule has 34 heavy (non-hydrogen) atoms. The molecule has 7 nitrogen and oxygen atoms in total. The van der Waals surface area contributed by atoms with Crippen LogP contribution in [0.25, 0.3) is 16.8 Å². The Labute approximate surface area is 195 Å². The Bertz CT molecular complexity index is 1440. The molecule has 0 spiro atoms. The van der Waals surface area contributed by atoms with E-state index in [4.69, 9.17) is 0 Å². The van der Waals surface area contributed by atoms with Gasteiger partial charge in [0, 0.05) is 11.8 Å². The van der Waals surface area contributed by atoms with Crippen molar-refractivity contribution in [2.45, 2.75) is 31.7 Å². The number of benzene rings is 2. The van der Waals surface area contributed by atoms with Gasteiger partial charge in [0.1, 0.15) is 11.8 Å². The van der Waals surface area contributed by atoms with Crippen molar-refractivity contribution in [2.24, 2.45) is 0 Å². The van der Waals surface area contributed by atoms with E-state index >= 15 is 0 Å². The fraction of sp³-hybridized carbons (Fsp3) is 0.185. The smallest absolute Gasteiger partial charge is 0.302 e. The molecule has 7 heteroatoms. The Morgan fingerprint density at radius 1 is 0.971 bits per heavy atom. The zero-order chi connectivity index (χ0) is 23.2. The predicted octanol–water partition coefficient (Wildman–Crippen LogP) is 4.46. The van der Waals surface area contributed by atoms with Gasteiger partial charge in [0.05, 0.1) is 22.3 Å². The third-order valence-corrected chi connectivity index (χ3v) is 6.64. The average molecular weight is 450 g/mol. The number of aryl methyl sites for hydroxylation is 2. The molecule has 2 N–H and O–H groups in total. The van der Waals surface area contributed by atoms with E-state index < -0.39 is 17.7 Å². The average Bonchev–Trinajstić information content (AvgIpc) is 3.42. The number of para-hydroxylation sites is 2. The Balaban J connectivity index is 1.53. The zero-order valence-electron chi connectivity index (χ0n) is 18.4. The van der Waals surface area contributed by atoms with Crippen LogP contribution in [0.1, 0.15) is 41.3 Å². The number of aromatic nitrogens is 3. The van der Waals surface area contributed by atoms with Crippen LogP contribution in [0.2, 0.25) is 0 Å². The number of rotatable bonds is 3. The molecule has 1 fully saturated rings. The van der Waals surface area contributed by atoms with Crippen LogP contribution in [-0.2, 0) is 22.4 Å². The lowest BCUT2D eigenvalue weighted by atomic mass is 9.89. The highest BCUT2D eigenvalue weighted by atomic mass is 16.3. The van der Waals surface area contributed by atoms with Gasteiger partial charge in [-0.2, -0.15) is 0 Å². The normalized spacial score (nSPS) is 19.5. The number of ketones is 1. The highest BCUT2D eigenvalue weighted by Gasteiger charge is 2.48. The molecular formula is C27H22N4O3. The van der Waals surface area contributed by atoms with Crippen LogP contribution in [0.5, 0.6) is 0 Å². The zero-order valence-corrected chi connectivity index (χ0v) is 18.4. The molecule has 0 radical (unpaired) electrons. The minimum atomic E-state index is -0.905. The summed E-state index contributed by atoms with van der Waals surface area (Å²) in [5.74, 6) is -1.47. The number of aliphatic hydroxyl groups is 1. The minimum absolute atomic E-state index is 0.0138. The number of carbonyl (C=O) groups excluding carboxylic acids is 2. The standard InChI is InChI=1S/C27H22N4O3/c32-24(18-13-12-16-7-1-2-8-17(16)15-18)22-23(21-11-5-6-14-28-21)31(26(34)25(22)33)27-29-19-9-3-4-10-20(19)30-27/h3-6,9-15,23,32H,1-2,7-8H2,(H,29,30)/b24-22+. The van der Waals surface area contributed by atoms with Gasteiger partial charge in [-0.15, -0.1) is 0 Å². The van der Waals surface area contributed by atoms with Crippen molar-refractivity contribution in [3.8, 4) is 0 Å². The summed E-state index contributed by atoms with van der Waals surface area (Å²) in [4.78, 5) is 40.0. The predicted molar refractivity (Wildman–Crippen MR) is 128 cm³/mol. The van der Waals surface area contributed by atoms with Crippen LogP contribution < -0.4 is 4.90 Å². The quantitative estimate of drug-likeness (QED) is 0.273. The van der Waals surface area contributed by atoms with Crippen molar-refractivity contribution >= 4 is 34.4 Å². The lowest BCUT2D eigenvalue weighted by molar-refractivity contribution is -0.132. The Morgan fingerprint density at radius 3 is 2.56 bits per heavy atom. The third kappa shape index (κ3) is 3.20. The summed E-state index contributed by atoms with van der Waals surface area (Å²) in [5.41, 5.74) is 4.89. The summed E-state index contributed by atoms with van der Waals surface area (Å²) in [6, 6.07) is 17.6. The van der Waals surface area contributed by atoms with E-state index in [2.05, 4.69) is 15.0 Å². The molecule has 1 amide bonds. The fourth-order valence-electron chi connectivity index (χ4n) is 4.96. The molecule has 1 atom stereocenters. The summed E-state index contributed by atoms with van der Waals surface area (Å²) in [5, 5.41) is 11.4. The number of hydrogen-bond donors (Lipinski definition) is 2. The summed E-state index contributed by atoms with van der Waals surface area (Å²) in [7, 11) is 0. The third-order valence-electron chi connectivity index (χ3n) is 6.64. The van der Waals surface area contributed by atoms with E-state index in [1.807, 2.05) is 42.5 Å². The molecule has 1 unspecified atom stereocenters. The number of hydrogen-bond acceptors (Lipinski definition) is 5. The first-order valence-electron chi connectivity index (χ1n) is 11.4. The van der Waals surface area contributed by atoms with Crippen molar-refractivity contribution in [3.05, 3.63) is 94.8 Å². The largest absolute Gasteiger partial charge is 0.507 e. The lowest BCUT2D eigenvalue weighted by Crippen LogP contribution is -2.30. The van der Waals surface area contributed by atoms with Crippen molar-refractivity contribution in [1.29, 1.82) is 0 Å². The molecule has 0 saturated carbocycles. The number of pyridine rings is 1. The minimum Gasteiger partial charge on any atom is -0.507 e. The van der Waals surface area contributed by atoms with Crippen molar-refractivity contribution < 1.29 is 14.7 Å². The number of amides is 1. The van der Waals surface area contributed by atoms with Gasteiger partial charge in [0.15, 0.2) is 0 Å². The van der Waals surface area contributed by atoms with E-state index in [1.165, 1.54) is 16.0 Å². The Morgan fingerprint density at radius 2 is 1.76 bits per heavy atom. The Kier molecular flexibility index (Phi) is 4.76. The van der Waals surface area contributed by atoms with Gasteiger partial charge < -0.3 is 10.1 Å². The van der Waals surface area contributed by atoms with Gasteiger partial charge in [-0.25, -0.2) is 4.98 Å². The molecular weight excluding hydrogens is 428 g/mol. The summed E-state index contributed by atoms with van der Waals surface area (Å²) in [6.07, 6.45) is 5.81. The summed E-state index contributed by atoms with van der Waals surface area (Å²) < 4.78 is 0. The topological polar surface area (TPSA) is 99.2 Å². The maximum absolute atomic E-state index is 13.3. The molecule has 2 aliphatic rings. The highest BCUT2D eigenvalue weighted by Crippen LogP contribution is 2.41. The first-order chi connectivity index (χ1) is 16.6. The fourth-order valence-corrected chi connectivity index (χ4v) is 4.96. The van der Waals surface area contributed by atoms with E-state index in [9.17, 15) is 14.7 Å². The number of aliphatic hydroxyl groups excluding tert-OH is 1. The number of fused-ring (bicyclic) bond motifs is 2. The van der Waals surface area contributed by atoms with Crippen LogP contribution >= 0.6 is 0 Å². The van der Waals surface area contributed by atoms with Gasteiger partial charge in [-0.3, -0.25) is 19.5 Å². The molecule has 4 aromatic rings. The lowest BCUT2D eigenvalue weighted by Gasteiger charge is -2.22. The number of Topliss-reactive ketones (excluding diaryl/α,β-unsaturated/α-hetero) is 1. The molecule has 1 aliphatic heterocycles. The molecule has 1 aliphatic carbocycles. The van der Waals surface area contributed by atoms with Crippen LogP contribution in [0.15, 0.2) is 72.4 Å². The van der Waals surface area contributed by atoms with Crippen LogP contribution in [0, 0.1) is 0 Å². The number of carbonyl (C=O) groups is 2. The summed E-state index contributed by atoms with van der Waals surface area (Å²) >= 11 is 0. The van der Waals surface area contributed by atoms with Crippen LogP contribution in [0.3, 0.4) is 0 Å². The molecule has 0 bridgehead atoms. The number of aromatic amines is 1. The van der Waals surface area contributed by atoms with Gasteiger partial charge >= 0.3 is 5.91 Å². The summed E-state index contributed by atoms with van der Waals surface area (Å²) in [6.45, 7) is 0. The first-order valence-corrected chi connectivity index (χ1v) is 11.4. The van der Waals surface area contributed by atoms with Gasteiger partial charge in [-0.05, 0) is 67.1 Å². The number of nitrogens with one attached hydrogen (secondary N) is 1. The van der Waals surface area contributed by atoms with Gasteiger partial charge in [0.25, 0.3) is 5.78 Å². The number of anilines is 1. The van der Waals surface area contributed by atoms with E-state index in [-0.39, 0.29) is 17.3 Å². The first kappa shape index (κ1) is 20.4. The number of H-pyrrole nitrogens is 1. The number of imidazole rings is 1. The van der Waals surface area contributed by atoms with E-state index in [0.717, 1.165) is 31.2 Å². The highest BCUT2D eigenvalue weighted by molar-refractivity contribution is 6.51. The van der Waals surface area contributed by atoms with Gasteiger partial charge in [0.2, 0.25) is 5.95 Å². The Hall–Kier alpha value is -4.26. The van der Waals surface area contributed by atoms with Crippen molar-refractivity contribution in [2.75, 3.05) is 4.90 Å². The van der Waals surface area contributed by atoms with Crippen LogP contribution in [0.4, 0.5) is 5.95 Å². The molecule has 2 aromatic carbocycles. The second-order valence-electron chi connectivity index (χ2n) is 8.69. The molecule has 6 rings (SSSR count). The molecule has 1 saturated heterocycles. The van der Waals surface area contributed by atoms with Crippen molar-refractivity contribution in [1.82, 2.24) is 15.0 Å². The molecule has 168 valence electrons. The monoisotopic (exact) mass is 450 g/mol. The van der Waals surface area contributed by atoms with Gasteiger partial charge in [-0.1, -0.05) is 30.3 Å². The molecule has 3 heterocycles. The SMILES string of the molecule is O=C1C(=O)N(c2nc3ccccc3[nH]2)C(c2ccccn2)/C1=C(\O)c1ccc2c(c1)CCCC2. The number of nitrogens with zero attached hydrogens (tertiary/aromatic N) is 3. The van der Waals surface area contributed by atoms with E-state index in [0.29, 0.717) is 16.8 Å². The second-order valence-corrected chi connectivity index (χ2v) is 8.69. The maximum atomic E-state index is 13.3.